The van der Waals surface area contributed by atoms with Gasteiger partial charge in [0.2, 0.25) is 0 Å². The van der Waals surface area contributed by atoms with Crippen LogP contribution in [-0.4, -0.2) is 24.1 Å². The summed E-state index contributed by atoms with van der Waals surface area (Å²) in [7, 11) is 1.88. The standard InChI is InChI=1S/C10H13N5S2/c1-15-9(11-6-12-15)16-10-13-8(14-17-10)7-4-2-3-5-7/h6-7H,2-5H2,1H3. The Kier molecular flexibility index (Phi) is 3.11. The van der Waals surface area contributed by atoms with Gasteiger partial charge in [0, 0.05) is 13.0 Å². The normalized spacial score (nSPS) is 16.8. The minimum atomic E-state index is 0.583. The second-order valence-electron chi connectivity index (χ2n) is 4.17. The Labute approximate surface area is 108 Å². The van der Waals surface area contributed by atoms with Gasteiger partial charge in [-0.2, -0.15) is 9.47 Å². The molecule has 2 heterocycles. The van der Waals surface area contributed by atoms with Gasteiger partial charge in [-0.3, -0.25) is 0 Å². The summed E-state index contributed by atoms with van der Waals surface area (Å²) in [6, 6.07) is 0. The van der Waals surface area contributed by atoms with Crippen LogP contribution in [0.3, 0.4) is 0 Å². The molecular formula is C10H13N5S2. The molecule has 0 aromatic carbocycles. The number of aromatic nitrogens is 5. The number of hydrogen-bond acceptors (Lipinski definition) is 6. The van der Waals surface area contributed by atoms with Crippen molar-refractivity contribution in [2.75, 3.05) is 0 Å². The lowest BCUT2D eigenvalue weighted by Gasteiger charge is -2.00. The SMILES string of the molecule is Cn1ncnc1Sc1nc(C2CCCC2)ns1. The number of rotatable bonds is 3. The van der Waals surface area contributed by atoms with Crippen LogP contribution in [0.25, 0.3) is 0 Å². The lowest BCUT2D eigenvalue weighted by atomic mass is 10.1. The van der Waals surface area contributed by atoms with Gasteiger partial charge in [0.05, 0.1) is 0 Å². The molecule has 0 N–H and O–H groups in total. The number of aryl methyl sites for hydroxylation is 1. The summed E-state index contributed by atoms with van der Waals surface area (Å²) >= 11 is 3.00. The van der Waals surface area contributed by atoms with Gasteiger partial charge in [0.25, 0.3) is 0 Å². The van der Waals surface area contributed by atoms with Crippen LogP contribution in [-0.2, 0) is 7.05 Å². The molecule has 3 rings (SSSR count). The first-order chi connectivity index (χ1) is 8.33. The van der Waals surface area contributed by atoms with Crippen molar-refractivity contribution in [2.45, 2.75) is 41.1 Å². The fourth-order valence-electron chi connectivity index (χ4n) is 2.07. The summed E-state index contributed by atoms with van der Waals surface area (Å²) < 4.78 is 7.17. The number of nitrogens with zero attached hydrogens (tertiary/aromatic N) is 5. The van der Waals surface area contributed by atoms with E-state index in [2.05, 4.69) is 19.4 Å². The number of hydrogen-bond donors (Lipinski definition) is 0. The molecule has 90 valence electrons. The summed E-state index contributed by atoms with van der Waals surface area (Å²) in [5, 5.41) is 4.90. The second kappa shape index (κ2) is 4.73. The van der Waals surface area contributed by atoms with E-state index in [1.165, 1.54) is 49.0 Å². The molecule has 0 unspecified atom stereocenters. The molecule has 1 saturated carbocycles. The van der Waals surface area contributed by atoms with Crippen LogP contribution in [0.4, 0.5) is 0 Å². The zero-order valence-corrected chi connectivity index (χ0v) is 11.2. The van der Waals surface area contributed by atoms with Gasteiger partial charge in [-0.05, 0) is 36.1 Å². The van der Waals surface area contributed by atoms with Crippen LogP contribution in [0.2, 0.25) is 0 Å². The zero-order valence-electron chi connectivity index (χ0n) is 9.54. The maximum Gasteiger partial charge on any atom is 0.192 e. The van der Waals surface area contributed by atoms with Gasteiger partial charge in [-0.1, -0.05) is 12.8 Å². The third kappa shape index (κ3) is 2.35. The predicted octanol–water partition coefficient (Wildman–Crippen LogP) is 2.48. The average molecular weight is 267 g/mol. The lowest BCUT2D eigenvalue weighted by molar-refractivity contribution is 0.674. The Hall–Kier alpha value is -0.950. The largest absolute Gasteiger partial charge is 0.244 e. The Balaban J connectivity index is 1.74. The van der Waals surface area contributed by atoms with E-state index in [4.69, 9.17) is 0 Å². The van der Waals surface area contributed by atoms with Crippen LogP contribution in [0.5, 0.6) is 0 Å². The van der Waals surface area contributed by atoms with Crippen molar-refractivity contribution in [2.24, 2.45) is 7.05 Å². The van der Waals surface area contributed by atoms with Crippen molar-refractivity contribution >= 4 is 23.3 Å². The molecule has 0 atom stereocenters. The Morgan fingerprint density at radius 2 is 2.24 bits per heavy atom. The van der Waals surface area contributed by atoms with E-state index in [1.807, 2.05) is 7.05 Å². The molecule has 17 heavy (non-hydrogen) atoms. The van der Waals surface area contributed by atoms with Crippen LogP contribution >= 0.6 is 23.3 Å². The maximum atomic E-state index is 4.60. The van der Waals surface area contributed by atoms with Crippen LogP contribution in [0.15, 0.2) is 15.8 Å². The monoisotopic (exact) mass is 267 g/mol. The fraction of sp³-hybridized carbons (Fsp3) is 0.600. The minimum Gasteiger partial charge on any atom is -0.244 e. The smallest absolute Gasteiger partial charge is 0.192 e. The van der Waals surface area contributed by atoms with Gasteiger partial charge in [-0.15, -0.1) is 0 Å². The van der Waals surface area contributed by atoms with E-state index < -0.39 is 0 Å². The highest BCUT2D eigenvalue weighted by atomic mass is 32.2. The molecule has 1 fully saturated rings. The van der Waals surface area contributed by atoms with Crippen LogP contribution in [0.1, 0.15) is 37.4 Å². The predicted molar refractivity (Wildman–Crippen MR) is 66.2 cm³/mol. The maximum absolute atomic E-state index is 4.60. The summed E-state index contributed by atoms with van der Waals surface area (Å²) in [6.07, 6.45) is 6.67. The molecule has 0 amide bonds. The summed E-state index contributed by atoms with van der Waals surface area (Å²) in [6.45, 7) is 0. The van der Waals surface area contributed by atoms with E-state index in [0.29, 0.717) is 5.92 Å². The quantitative estimate of drug-likeness (QED) is 0.855. The van der Waals surface area contributed by atoms with Crippen LogP contribution < -0.4 is 0 Å². The van der Waals surface area contributed by atoms with E-state index in [-0.39, 0.29) is 0 Å². The fourth-order valence-corrected chi connectivity index (χ4v) is 3.62. The molecular weight excluding hydrogens is 254 g/mol. The average Bonchev–Trinajstić information content (AvgIpc) is 3.02. The van der Waals surface area contributed by atoms with Crippen molar-refractivity contribution in [3.63, 3.8) is 0 Å². The Bertz CT molecular complexity index is 500. The highest BCUT2D eigenvalue weighted by Crippen LogP contribution is 2.35. The highest BCUT2D eigenvalue weighted by Gasteiger charge is 2.21. The van der Waals surface area contributed by atoms with Gasteiger partial charge >= 0.3 is 0 Å². The molecule has 1 aliphatic carbocycles. The van der Waals surface area contributed by atoms with Gasteiger partial charge < -0.3 is 0 Å². The van der Waals surface area contributed by atoms with E-state index >= 15 is 0 Å². The van der Waals surface area contributed by atoms with Gasteiger partial charge in [0.15, 0.2) is 9.50 Å². The van der Waals surface area contributed by atoms with E-state index in [9.17, 15) is 0 Å². The third-order valence-electron chi connectivity index (χ3n) is 2.99. The van der Waals surface area contributed by atoms with Gasteiger partial charge in [-0.25, -0.2) is 14.6 Å². The molecule has 0 bridgehead atoms. The first-order valence-corrected chi connectivity index (χ1v) is 7.27. The third-order valence-corrected chi connectivity index (χ3v) is 4.81. The lowest BCUT2D eigenvalue weighted by Crippen LogP contribution is -1.95. The molecule has 0 spiro atoms. The van der Waals surface area contributed by atoms with Crippen molar-refractivity contribution in [3.8, 4) is 0 Å². The van der Waals surface area contributed by atoms with E-state index in [1.54, 1.807) is 11.0 Å². The highest BCUT2D eigenvalue weighted by molar-refractivity contribution is 8.00. The van der Waals surface area contributed by atoms with Gasteiger partial charge in [0.1, 0.15) is 12.2 Å². The molecule has 0 aliphatic heterocycles. The summed E-state index contributed by atoms with van der Waals surface area (Å²) in [4.78, 5) is 8.77. The molecule has 2 aromatic rings. The molecule has 5 nitrogen and oxygen atoms in total. The van der Waals surface area contributed by atoms with Crippen molar-refractivity contribution < 1.29 is 0 Å². The van der Waals surface area contributed by atoms with Crippen LogP contribution in [0, 0.1) is 0 Å². The van der Waals surface area contributed by atoms with Crippen molar-refractivity contribution in [3.05, 3.63) is 12.2 Å². The van der Waals surface area contributed by atoms with E-state index in [0.717, 1.165) is 15.3 Å². The molecule has 1 aliphatic rings. The molecule has 7 heteroatoms. The van der Waals surface area contributed by atoms with Crippen molar-refractivity contribution in [1.82, 2.24) is 24.1 Å². The Morgan fingerprint density at radius 3 is 2.94 bits per heavy atom. The zero-order chi connectivity index (χ0) is 11.7. The molecule has 0 radical (unpaired) electrons. The summed E-state index contributed by atoms with van der Waals surface area (Å²) in [5.41, 5.74) is 0. The first-order valence-electron chi connectivity index (χ1n) is 5.68. The molecule has 2 aromatic heterocycles. The first kappa shape index (κ1) is 11.2. The Morgan fingerprint density at radius 1 is 1.41 bits per heavy atom. The van der Waals surface area contributed by atoms with Crippen molar-refractivity contribution in [1.29, 1.82) is 0 Å². The molecule has 0 saturated heterocycles. The summed E-state index contributed by atoms with van der Waals surface area (Å²) in [5.74, 6) is 1.61. The second-order valence-corrected chi connectivity index (χ2v) is 6.13. The minimum absolute atomic E-state index is 0.583. The topological polar surface area (TPSA) is 56.5 Å².